The van der Waals surface area contributed by atoms with Crippen molar-refractivity contribution in [3.8, 4) is 5.75 Å². The molecule has 2 aliphatic rings. The fraction of sp³-hybridized carbons (Fsp3) is 0.579. The first-order valence-corrected chi connectivity index (χ1v) is 8.89. The number of H-pyrrole nitrogens is 1. The first-order chi connectivity index (χ1) is 11.2. The second kappa shape index (κ2) is 5.84. The number of aromatic hydroxyl groups is 1. The smallest absolute Gasteiger partial charge is 0.116 e. The van der Waals surface area contributed by atoms with Gasteiger partial charge >= 0.3 is 0 Å². The maximum absolute atomic E-state index is 9.81. The number of phenolic OH excluding ortho intramolecular Hbond substituents is 1. The zero-order chi connectivity index (χ0) is 16.0. The molecule has 0 amide bonds. The molecule has 124 valence electrons. The Kier molecular flexibility index (Phi) is 3.82. The molecule has 3 N–H and O–H groups in total. The number of nitrogens with zero attached hydrogens (tertiary/aromatic N) is 1. The fourth-order valence-electron chi connectivity index (χ4n) is 4.71. The summed E-state index contributed by atoms with van der Waals surface area (Å²) in [7, 11) is 0. The van der Waals surface area contributed by atoms with E-state index in [1.54, 1.807) is 6.07 Å². The Bertz CT molecular complexity index is 705. The van der Waals surface area contributed by atoms with E-state index in [4.69, 9.17) is 0 Å². The van der Waals surface area contributed by atoms with Gasteiger partial charge < -0.3 is 15.2 Å². The number of aliphatic hydroxyl groups excluding tert-OH is 1. The van der Waals surface area contributed by atoms with Crippen LogP contribution < -0.4 is 0 Å². The fourth-order valence-corrected chi connectivity index (χ4v) is 4.71. The van der Waals surface area contributed by atoms with Crippen LogP contribution in [-0.4, -0.2) is 39.8 Å². The van der Waals surface area contributed by atoms with E-state index in [2.05, 4.69) is 16.8 Å². The zero-order valence-corrected chi connectivity index (χ0v) is 13.8. The van der Waals surface area contributed by atoms with E-state index in [9.17, 15) is 10.2 Å². The van der Waals surface area contributed by atoms with E-state index >= 15 is 0 Å². The van der Waals surface area contributed by atoms with E-state index in [1.165, 1.54) is 23.1 Å². The summed E-state index contributed by atoms with van der Waals surface area (Å²) in [4.78, 5) is 6.22. The lowest BCUT2D eigenvalue weighted by molar-refractivity contribution is 0.0557. The van der Waals surface area contributed by atoms with E-state index in [-0.39, 0.29) is 0 Å². The molecule has 1 aromatic heterocycles. The van der Waals surface area contributed by atoms with E-state index < -0.39 is 0 Å². The van der Waals surface area contributed by atoms with Crippen molar-refractivity contribution in [1.82, 2.24) is 9.88 Å². The summed E-state index contributed by atoms with van der Waals surface area (Å²) in [6.45, 7) is 4.72. The van der Waals surface area contributed by atoms with Crippen LogP contribution in [0.3, 0.4) is 0 Å². The van der Waals surface area contributed by atoms with Crippen molar-refractivity contribution in [2.24, 2.45) is 11.8 Å². The average Bonchev–Trinajstić information content (AvgIpc) is 2.94. The van der Waals surface area contributed by atoms with Gasteiger partial charge in [0.2, 0.25) is 0 Å². The van der Waals surface area contributed by atoms with Gasteiger partial charge in [0.1, 0.15) is 5.75 Å². The molecular weight excluding hydrogens is 288 g/mol. The average molecular weight is 314 g/mol. The van der Waals surface area contributed by atoms with Gasteiger partial charge in [-0.2, -0.15) is 0 Å². The highest BCUT2D eigenvalue weighted by Gasteiger charge is 2.37. The lowest BCUT2D eigenvalue weighted by atomic mass is 9.77. The number of hydrogen-bond acceptors (Lipinski definition) is 3. The third-order valence-electron chi connectivity index (χ3n) is 6.08. The van der Waals surface area contributed by atoms with Gasteiger partial charge in [-0.1, -0.05) is 13.3 Å². The molecule has 4 nitrogen and oxygen atoms in total. The van der Waals surface area contributed by atoms with Gasteiger partial charge in [0, 0.05) is 29.7 Å². The number of rotatable bonds is 3. The van der Waals surface area contributed by atoms with Gasteiger partial charge in [-0.3, -0.25) is 4.90 Å². The standard InChI is InChI=1S/C19H26N2O2/c1-2-12(11-22)13-5-7-21-8-6-15-16-10-14(23)3-4-17(16)20-19(15)18(21)9-13/h3-4,10,12-13,18,20,22-23H,2,5-9,11H2,1H3/t12?,13-,18-/m0/s1. The predicted octanol–water partition coefficient (Wildman–Crippen LogP) is 3.20. The summed E-state index contributed by atoms with van der Waals surface area (Å²) in [5.74, 6) is 1.38. The summed E-state index contributed by atoms with van der Waals surface area (Å²) in [6, 6.07) is 6.07. The Morgan fingerprint density at radius 1 is 1.35 bits per heavy atom. The molecule has 1 saturated heterocycles. The van der Waals surface area contributed by atoms with Crippen molar-refractivity contribution in [2.75, 3.05) is 19.7 Å². The summed E-state index contributed by atoms with van der Waals surface area (Å²) < 4.78 is 0. The number of piperidine rings is 1. The van der Waals surface area contributed by atoms with Crippen LogP contribution in [0.25, 0.3) is 10.9 Å². The first kappa shape index (κ1) is 15.0. The molecule has 0 bridgehead atoms. The molecule has 3 atom stereocenters. The predicted molar refractivity (Wildman–Crippen MR) is 91.6 cm³/mol. The lowest BCUT2D eigenvalue weighted by Gasteiger charge is -2.44. The van der Waals surface area contributed by atoms with Crippen LogP contribution in [0.1, 0.15) is 43.5 Å². The zero-order valence-electron chi connectivity index (χ0n) is 13.8. The number of hydrogen-bond donors (Lipinski definition) is 3. The Morgan fingerprint density at radius 3 is 3.00 bits per heavy atom. The first-order valence-electron chi connectivity index (χ1n) is 8.89. The molecule has 3 heterocycles. The molecule has 4 heteroatoms. The SMILES string of the molecule is CCC(CO)[C@H]1CCN2CCc3c([nH]c4ccc(O)cc34)[C@@H]2C1. The number of benzene rings is 1. The number of nitrogens with one attached hydrogen (secondary N) is 1. The summed E-state index contributed by atoms with van der Waals surface area (Å²) >= 11 is 0. The van der Waals surface area contributed by atoms with Crippen molar-refractivity contribution in [3.63, 3.8) is 0 Å². The van der Waals surface area contributed by atoms with Gasteiger partial charge in [-0.25, -0.2) is 0 Å². The Labute approximate surface area is 137 Å². The van der Waals surface area contributed by atoms with E-state index in [1.807, 2.05) is 12.1 Å². The molecule has 0 saturated carbocycles. The molecule has 1 fully saturated rings. The third kappa shape index (κ3) is 2.45. The molecule has 1 unspecified atom stereocenters. The van der Waals surface area contributed by atoms with Crippen molar-refractivity contribution >= 4 is 10.9 Å². The van der Waals surface area contributed by atoms with Crippen LogP contribution in [0.5, 0.6) is 5.75 Å². The number of phenols is 1. The highest BCUT2D eigenvalue weighted by Crippen LogP contribution is 2.43. The highest BCUT2D eigenvalue weighted by atomic mass is 16.3. The van der Waals surface area contributed by atoms with Gasteiger partial charge in [-0.15, -0.1) is 0 Å². The minimum absolute atomic E-state index is 0.307. The molecule has 23 heavy (non-hydrogen) atoms. The van der Waals surface area contributed by atoms with E-state index in [0.717, 1.165) is 37.9 Å². The van der Waals surface area contributed by atoms with Gasteiger partial charge in [-0.05, 0) is 61.4 Å². The molecule has 0 spiro atoms. The minimum atomic E-state index is 0.307. The molecular formula is C19H26N2O2. The highest BCUT2D eigenvalue weighted by molar-refractivity contribution is 5.86. The normalized spacial score (nSPS) is 26.0. The summed E-state index contributed by atoms with van der Waals surface area (Å²) in [6.07, 6.45) is 4.44. The molecule has 4 rings (SSSR count). The van der Waals surface area contributed by atoms with Crippen LogP contribution in [0.15, 0.2) is 18.2 Å². The van der Waals surface area contributed by atoms with Crippen LogP contribution in [0.2, 0.25) is 0 Å². The number of aromatic nitrogens is 1. The lowest BCUT2D eigenvalue weighted by Crippen LogP contribution is -2.43. The maximum atomic E-state index is 9.81. The van der Waals surface area contributed by atoms with Crippen molar-refractivity contribution < 1.29 is 10.2 Å². The van der Waals surface area contributed by atoms with Crippen LogP contribution in [0.4, 0.5) is 0 Å². The van der Waals surface area contributed by atoms with Crippen LogP contribution in [-0.2, 0) is 6.42 Å². The number of aliphatic hydroxyl groups is 1. The summed E-state index contributed by atoms with van der Waals surface area (Å²) in [5, 5.41) is 20.7. The molecule has 1 aromatic carbocycles. The quantitative estimate of drug-likeness (QED) is 0.815. The number of aromatic amines is 1. The van der Waals surface area contributed by atoms with Crippen molar-refractivity contribution in [1.29, 1.82) is 0 Å². The second-order valence-electron chi connectivity index (χ2n) is 7.18. The molecule has 0 radical (unpaired) electrons. The minimum Gasteiger partial charge on any atom is -0.508 e. The molecule has 2 aromatic rings. The second-order valence-corrected chi connectivity index (χ2v) is 7.18. The van der Waals surface area contributed by atoms with Gasteiger partial charge in [0.25, 0.3) is 0 Å². The Morgan fingerprint density at radius 2 is 2.22 bits per heavy atom. The Balaban J connectivity index is 1.70. The van der Waals surface area contributed by atoms with Crippen molar-refractivity contribution in [3.05, 3.63) is 29.5 Å². The van der Waals surface area contributed by atoms with Crippen LogP contribution in [0, 0.1) is 11.8 Å². The number of fused-ring (bicyclic) bond motifs is 5. The largest absolute Gasteiger partial charge is 0.508 e. The Hall–Kier alpha value is -1.52. The topological polar surface area (TPSA) is 59.5 Å². The monoisotopic (exact) mass is 314 g/mol. The molecule has 2 aliphatic heterocycles. The van der Waals surface area contributed by atoms with Crippen molar-refractivity contribution in [2.45, 2.75) is 38.6 Å². The summed E-state index contributed by atoms with van der Waals surface area (Å²) in [5.41, 5.74) is 3.86. The molecule has 0 aliphatic carbocycles. The van der Waals surface area contributed by atoms with Gasteiger partial charge in [0.05, 0.1) is 6.04 Å². The van der Waals surface area contributed by atoms with Crippen LogP contribution >= 0.6 is 0 Å². The van der Waals surface area contributed by atoms with E-state index in [0.29, 0.717) is 30.2 Å². The van der Waals surface area contributed by atoms with Gasteiger partial charge in [0.15, 0.2) is 0 Å². The maximum Gasteiger partial charge on any atom is 0.116 e. The third-order valence-corrected chi connectivity index (χ3v) is 6.08.